The Kier molecular flexibility index (Phi) is 5.73. The number of nitrogens with zero attached hydrogens (tertiary/aromatic N) is 1. The van der Waals surface area contributed by atoms with Crippen molar-refractivity contribution in [3.05, 3.63) is 82.9 Å². The van der Waals surface area contributed by atoms with E-state index in [1.165, 1.54) is 12.1 Å². The van der Waals surface area contributed by atoms with E-state index in [9.17, 15) is 14.7 Å². The zero-order chi connectivity index (χ0) is 22.8. The van der Waals surface area contributed by atoms with Gasteiger partial charge in [-0.25, -0.2) is 0 Å². The normalized spacial score (nSPS) is 15.2. The zero-order valence-electron chi connectivity index (χ0n) is 18.0. The van der Waals surface area contributed by atoms with E-state index in [4.69, 9.17) is 14.2 Å². The van der Waals surface area contributed by atoms with E-state index in [0.717, 1.165) is 16.7 Å². The van der Waals surface area contributed by atoms with Crippen molar-refractivity contribution < 1.29 is 28.9 Å². The van der Waals surface area contributed by atoms with E-state index in [1.807, 2.05) is 36.4 Å². The molecule has 164 valence electrons. The quantitative estimate of drug-likeness (QED) is 0.595. The molecule has 0 saturated heterocycles. The number of hydrogen-bond acceptors (Lipinski definition) is 6. The molecule has 7 nitrogen and oxygen atoms in total. The molecule has 0 aromatic heterocycles. The number of ether oxygens (including phenoxy) is 3. The van der Waals surface area contributed by atoms with E-state index >= 15 is 0 Å². The highest BCUT2D eigenvalue weighted by Gasteiger charge is 2.36. The molecule has 0 spiro atoms. The van der Waals surface area contributed by atoms with Gasteiger partial charge in [-0.1, -0.05) is 24.3 Å². The lowest BCUT2D eigenvalue weighted by atomic mass is 9.86. The van der Waals surface area contributed by atoms with Gasteiger partial charge in [0.15, 0.2) is 11.5 Å². The summed E-state index contributed by atoms with van der Waals surface area (Å²) >= 11 is 0. The second-order valence-corrected chi connectivity index (χ2v) is 7.36. The third-order valence-corrected chi connectivity index (χ3v) is 5.62. The molecular weight excluding hydrogens is 410 g/mol. The fourth-order valence-electron chi connectivity index (χ4n) is 4.04. The summed E-state index contributed by atoms with van der Waals surface area (Å²) in [5, 5.41) is 11.2. The Morgan fingerprint density at radius 1 is 0.906 bits per heavy atom. The summed E-state index contributed by atoms with van der Waals surface area (Å²) in [4.78, 5) is 26.2. The molecule has 0 aliphatic carbocycles. The predicted molar refractivity (Wildman–Crippen MR) is 116 cm³/mol. The topological polar surface area (TPSA) is 88.1 Å². The van der Waals surface area contributed by atoms with Gasteiger partial charge in [0, 0.05) is 5.69 Å². The van der Waals surface area contributed by atoms with Crippen LogP contribution in [0.3, 0.4) is 0 Å². The molecule has 4 rings (SSSR count). The number of methoxy groups -OCH3 is 3. The van der Waals surface area contributed by atoms with Crippen LogP contribution < -0.4 is 24.2 Å². The molecule has 0 radical (unpaired) electrons. The fourth-order valence-corrected chi connectivity index (χ4v) is 4.04. The van der Waals surface area contributed by atoms with Crippen molar-refractivity contribution in [3.63, 3.8) is 0 Å². The largest absolute Gasteiger partial charge is 0.545 e. The Hall–Kier alpha value is -4.00. The van der Waals surface area contributed by atoms with Crippen molar-refractivity contribution in [3.8, 4) is 17.2 Å². The summed E-state index contributed by atoms with van der Waals surface area (Å²) in [5.41, 5.74) is 3.25. The van der Waals surface area contributed by atoms with Crippen LogP contribution in [0.5, 0.6) is 17.2 Å². The van der Waals surface area contributed by atoms with Crippen molar-refractivity contribution >= 4 is 17.6 Å². The summed E-state index contributed by atoms with van der Waals surface area (Å²) in [6.45, 7) is 0. The Bertz CT molecular complexity index is 1150. The maximum absolute atomic E-state index is 13.3. The summed E-state index contributed by atoms with van der Waals surface area (Å²) in [5.74, 6) is 0.432. The van der Waals surface area contributed by atoms with Crippen LogP contribution in [-0.4, -0.2) is 33.2 Å². The first-order valence-corrected chi connectivity index (χ1v) is 9.99. The Morgan fingerprint density at radius 3 is 2.09 bits per heavy atom. The number of aromatic carboxylic acids is 1. The van der Waals surface area contributed by atoms with Crippen LogP contribution in [0.4, 0.5) is 5.69 Å². The lowest BCUT2D eigenvalue weighted by Crippen LogP contribution is -2.41. The minimum absolute atomic E-state index is 0.0472. The minimum Gasteiger partial charge on any atom is -0.545 e. The second kappa shape index (κ2) is 8.63. The van der Waals surface area contributed by atoms with Crippen molar-refractivity contribution in [2.24, 2.45) is 0 Å². The van der Waals surface area contributed by atoms with Crippen LogP contribution >= 0.6 is 0 Å². The molecule has 3 aromatic rings. The lowest BCUT2D eigenvalue weighted by molar-refractivity contribution is -0.255. The van der Waals surface area contributed by atoms with E-state index in [2.05, 4.69) is 0 Å². The Morgan fingerprint density at radius 2 is 1.53 bits per heavy atom. The maximum Gasteiger partial charge on any atom is 0.232 e. The minimum atomic E-state index is -1.27. The monoisotopic (exact) mass is 432 g/mol. The van der Waals surface area contributed by atoms with Crippen molar-refractivity contribution in [1.29, 1.82) is 0 Å². The number of hydrogen-bond donors (Lipinski definition) is 0. The zero-order valence-corrected chi connectivity index (χ0v) is 18.0. The first kappa shape index (κ1) is 21.2. The molecular formula is C25H22NO6-. The molecule has 32 heavy (non-hydrogen) atoms. The van der Waals surface area contributed by atoms with Gasteiger partial charge in [-0.3, -0.25) is 4.79 Å². The first-order chi connectivity index (χ1) is 15.5. The van der Waals surface area contributed by atoms with Crippen LogP contribution in [0, 0.1) is 0 Å². The average Bonchev–Trinajstić information content (AvgIpc) is 2.82. The van der Waals surface area contributed by atoms with Gasteiger partial charge >= 0.3 is 0 Å². The van der Waals surface area contributed by atoms with Crippen molar-refractivity contribution in [2.45, 2.75) is 12.5 Å². The van der Waals surface area contributed by atoms with Gasteiger partial charge in [-0.15, -0.1) is 0 Å². The summed E-state index contributed by atoms with van der Waals surface area (Å²) in [7, 11) is 4.72. The molecule has 1 heterocycles. The molecule has 1 atom stereocenters. The highest BCUT2D eigenvalue weighted by atomic mass is 16.5. The SMILES string of the molecule is COc1ccc([C@@H]2c3cc(OC)c(OC)cc3CC(=O)N2c2ccc(C(=O)[O-])cc2)cc1. The number of carbonyl (C=O) groups excluding carboxylic acids is 2. The van der Waals surface area contributed by atoms with Gasteiger partial charge in [-0.05, 0) is 58.7 Å². The number of anilines is 1. The molecule has 7 heteroatoms. The summed E-state index contributed by atoms with van der Waals surface area (Å²) < 4.78 is 16.2. The molecule has 1 amide bonds. The van der Waals surface area contributed by atoms with Gasteiger partial charge < -0.3 is 29.0 Å². The van der Waals surface area contributed by atoms with Gasteiger partial charge in [0.2, 0.25) is 5.91 Å². The van der Waals surface area contributed by atoms with Gasteiger partial charge in [0.25, 0.3) is 0 Å². The molecule has 3 aromatic carbocycles. The van der Waals surface area contributed by atoms with Crippen LogP contribution in [0.25, 0.3) is 0 Å². The fraction of sp³-hybridized carbons (Fsp3) is 0.200. The molecule has 1 aliphatic heterocycles. The average molecular weight is 432 g/mol. The number of carboxylic acid groups (broad SMARTS) is 1. The van der Waals surface area contributed by atoms with Crippen LogP contribution in [0.15, 0.2) is 60.7 Å². The number of fused-ring (bicyclic) bond motifs is 1. The summed E-state index contributed by atoms with van der Waals surface area (Å²) in [6, 6.07) is 16.9. The Balaban J connectivity index is 1.90. The number of carbonyl (C=O) groups is 2. The highest BCUT2D eigenvalue weighted by Crippen LogP contribution is 2.43. The standard InChI is InChI=1S/C25H23NO6/c1-30-19-10-6-15(7-11-19)24-20-14-22(32-3)21(31-2)12-17(20)13-23(27)26(24)18-8-4-16(5-9-18)25(28)29/h4-12,14,24H,13H2,1-3H3,(H,28,29)/p-1/t24-/m1/s1. The molecule has 0 N–H and O–H groups in total. The van der Waals surface area contributed by atoms with Crippen LogP contribution in [-0.2, 0) is 11.2 Å². The highest BCUT2D eigenvalue weighted by molar-refractivity contribution is 5.99. The first-order valence-electron chi connectivity index (χ1n) is 9.99. The number of benzene rings is 3. The third kappa shape index (κ3) is 3.73. The second-order valence-electron chi connectivity index (χ2n) is 7.36. The lowest BCUT2D eigenvalue weighted by Gasteiger charge is -2.38. The Labute approximate surface area is 185 Å². The smallest absolute Gasteiger partial charge is 0.232 e. The van der Waals surface area contributed by atoms with Crippen molar-refractivity contribution in [2.75, 3.05) is 26.2 Å². The molecule has 0 fully saturated rings. The van der Waals surface area contributed by atoms with E-state index in [1.54, 1.807) is 38.4 Å². The van der Waals surface area contributed by atoms with Crippen molar-refractivity contribution in [1.82, 2.24) is 0 Å². The van der Waals surface area contributed by atoms with Gasteiger partial charge in [0.1, 0.15) is 5.75 Å². The molecule has 0 unspecified atom stereocenters. The maximum atomic E-state index is 13.3. The molecule has 0 bridgehead atoms. The van der Waals surface area contributed by atoms with E-state index in [-0.39, 0.29) is 17.9 Å². The van der Waals surface area contributed by atoms with Crippen LogP contribution in [0.1, 0.15) is 33.1 Å². The van der Waals surface area contributed by atoms with Gasteiger partial charge in [0.05, 0.1) is 39.8 Å². The van der Waals surface area contributed by atoms with Gasteiger partial charge in [-0.2, -0.15) is 0 Å². The molecule has 1 aliphatic rings. The third-order valence-electron chi connectivity index (χ3n) is 5.62. The van der Waals surface area contributed by atoms with E-state index in [0.29, 0.717) is 22.9 Å². The number of amides is 1. The summed E-state index contributed by atoms with van der Waals surface area (Å²) in [6.07, 6.45) is 0.171. The molecule has 0 saturated carbocycles. The van der Waals surface area contributed by atoms with Crippen LogP contribution in [0.2, 0.25) is 0 Å². The van der Waals surface area contributed by atoms with E-state index < -0.39 is 12.0 Å². The number of carboxylic acids is 1. The predicted octanol–water partition coefficient (Wildman–Crippen LogP) is 2.75. The number of rotatable bonds is 6.